The fourth-order valence-corrected chi connectivity index (χ4v) is 5.42. The standard InChI is InChI=1S/C35H36N2O4/c1-34(2,3)24-14-22(18-38)32(40)26(16-24)28-12-10-20-8-9-21-11-13-29(37(7)31(21)30(20)36-28)27-17-25(35(4,5)6)15-23(19-39)33(27)41/h8-19,29,40-41H,1-7H3. The normalized spacial score (nSPS) is 15.2. The molecule has 1 unspecified atom stereocenters. The van der Waals surface area contributed by atoms with E-state index in [2.05, 4.69) is 46.4 Å². The number of anilines is 1. The number of nitrogens with zero attached hydrogens (tertiary/aromatic N) is 2. The Balaban J connectivity index is 1.70. The number of phenolic OH excluding ortho intramolecular Hbond substituents is 2. The largest absolute Gasteiger partial charge is 0.507 e. The first-order chi connectivity index (χ1) is 19.2. The number of aldehydes is 2. The van der Waals surface area contributed by atoms with Crippen LogP contribution in [0.15, 0.2) is 54.6 Å². The maximum absolute atomic E-state index is 11.9. The number of carbonyl (C=O) groups excluding carboxylic acids is 2. The highest BCUT2D eigenvalue weighted by Crippen LogP contribution is 2.44. The summed E-state index contributed by atoms with van der Waals surface area (Å²) in [7, 11) is 1.95. The average Bonchev–Trinajstić information content (AvgIpc) is 2.92. The molecule has 41 heavy (non-hydrogen) atoms. The van der Waals surface area contributed by atoms with Gasteiger partial charge < -0.3 is 15.1 Å². The Kier molecular flexibility index (Phi) is 6.77. The molecule has 1 aromatic heterocycles. The van der Waals surface area contributed by atoms with Crippen LogP contribution in [0, 0.1) is 0 Å². The summed E-state index contributed by atoms with van der Waals surface area (Å²) in [6.45, 7) is 12.4. The highest BCUT2D eigenvalue weighted by atomic mass is 16.3. The van der Waals surface area contributed by atoms with Gasteiger partial charge >= 0.3 is 0 Å². The van der Waals surface area contributed by atoms with Crippen LogP contribution in [0.25, 0.3) is 28.2 Å². The summed E-state index contributed by atoms with van der Waals surface area (Å²) in [5, 5.41) is 23.0. The number of fused-ring (bicyclic) bond motifs is 3. The lowest BCUT2D eigenvalue weighted by atomic mass is 9.83. The number of aromatic hydroxyl groups is 2. The van der Waals surface area contributed by atoms with Crippen LogP contribution in [0.1, 0.15) is 90.6 Å². The molecule has 5 rings (SSSR count). The number of likely N-dealkylation sites (N-methyl/N-ethyl adjacent to an activating group) is 1. The summed E-state index contributed by atoms with van der Waals surface area (Å²) in [6, 6.07) is 14.9. The first kappa shape index (κ1) is 28.1. The van der Waals surface area contributed by atoms with Crippen molar-refractivity contribution < 1.29 is 19.8 Å². The van der Waals surface area contributed by atoms with E-state index in [1.54, 1.807) is 12.1 Å². The minimum atomic E-state index is -0.348. The Morgan fingerprint density at radius 3 is 2.00 bits per heavy atom. The predicted molar refractivity (Wildman–Crippen MR) is 165 cm³/mol. The average molecular weight is 549 g/mol. The maximum Gasteiger partial charge on any atom is 0.153 e. The number of benzene rings is 3. The lowest BCUT2D eigenvalue weighted by molar-refractivity contribution is 0.111. The topological polar surface area (TPSA) is 90.7 Å². The zero-order valence-corrected chi connectivity index (χ0v) is 24.6. The van der Waals surface area contributed by atoms with E-state index < -0.39 is 0 Å². The van der Waals surface area contributed by atoms with Gasteiger partial charge in [0.25, 0.3) is 0 Å². The third kappa shape index (κ3) is 4.88. The van der Waals surface area contributed by atoms with Gasteiger partial charge in [-0.1, -0.05) is 71.9 Å². The molecule has 210 valence electrons. The second-order valence-electron chi connectivity index (χ2n) is 12.9. The van der Waals surface area contributed by atoms with E-state index in [4.69, 9.17) is 4.98 Å². The Hall–Kier alpha value is -4.45. The third-order valence-electron chi connectivity index (χ3n) is 7.98. The van der Waals surface area contributed by atoms with Crippen molar-refractivity contribution >= 4 is 35.2 Å². The molecule has 1 atom stereocenters. The molecule has 0 spiro atoms. The fraction of sp³-hybridized carbons (Fsp3) is 0.286. The molecule has 4 aromatic rings. The number of aromatic nitrogens is 1. The highest BCUT2D eigenvalue weighted by Gasteiger charge is 2.29. The Bertz CT molecular complexity index is 1740. The maximum atomic E-state index is 11.9. The molecule has 1 aliphatic rings. The number of carbonyl (C=O) groups is 2. The number of rotatable bonds is 4. The first-order valence-electron chi connectivity index (χ1n) is 13.7. The number of hydrogen-bond acceptors (Lipinski definition) is 6. The summed E-state index contributed by atoms with van der Waals surface area (Å²) < 4.78 is 0. The van der Waals surface area contributed by atoms with Gasteiger partial charge in [-0.15, -0.1) is 0 Å². The van der Waals surface area contributed by atoms with Crippen LogP contribution in [-0.4, -0.2) is 34.8 Å². The molecule has 0 bridgehead atoms. The van der Waals surface area contributed by atoms with E-state index in [1.165, 1.54) is 0 Å². The highest BCUT2D eigenvalue weighted by molar-refractivity contribution is 5.98. The van der Waals surface area contributed by atoms with Crippen molar-refractivity contribution in [3.8, 4) is 22.8 Å². The minimum Gasteiger partial charge on any atom is -0.507 e. The molecule has 0 amide bonds. The zero-order valence-electron chi connectivity index (χ0n) is 24.6. The second kappa shape index (κ2) is 9.88. The van der Waals surface area contributed by atoms with E-state index in [0.717, 1.165) is 33.3 Å². The van der Waals surface area contributed by atoms with Gasteiger partial charge in [0.05, 0.1) is 34.1 Å². The van der Waals surface area contributed by atoms with Gasteiger partial charge in [-0.3, -0.25) is 9.59 Å². The van der Waals surface area contributed by atoms with E-state index in [0.29, 0.717) is 29.4 Å². The van der Waals surface area contributed by atoms with Crippen LogP contribution in [-0.2, 0) is 10.8 Å². The monoisotopic (exact) mass is 548 g/mol. The van der Waals surface area contributed by atoms with Crippen molar-refractivity contribution in [3.05, 3.63) is 88.0 Å². The number of hydrogen-bond donors (Lipinski definition) is 2. The molecule has 0 saturated heterocycles. The molecule has 0 radical (unpaired) electrons. The van der Waals surface area contributed by atoms with Gasteiger partial charge in [-0.2, -0.15) is 0 Å². The summed E-state index contributed by atoms with van der Waals surface area (Å²) in [5.74, 6) is -0.127. The van der Waals surface area contributed by atoms with Gasteiger partial charge in [0.2, 0.25) is 0 Å². The minimum absolute atomic E-state index is 0.0304. The van der Waals surface area contributed by atoms with Crippen LogP contribution in [0.2, 0.25) is 0 Å². The lowest BCUT2D eigenvalue weighted by Gasteiger charge is -2.34. The van der Waals surface area contributed by atoms with Crippen LogP contribution in [0.3, 0.4) is 0 Å². The summed E-state index contributed by atoms with van der Waals surface area (Å²) in [6.07, 6.45) is 5.40. The van der Waals surface area contributed by atoms with Crippen LogP contribution in [0.4, 0.5) is 5.69 Å². The van der Waals surface area contributed by atoms with Gasteiger partial charge in [-0.05, 0) is 57.9 Å². The molecular weight excluding hydrogens is 512 g/mol. The smallest absolute Gasteiger partial charge is 0.153 e. The van der Waals surface area contributed by atoms with Crippen LogP contribution >= 0.6 is 0 Å². The predicted octanol–water partition coefficient (Wildman–Crippen LogP) is 7.74. The van der Waals surface area contributed by atoms with E-state index >= 15 is 0 Å². The van der Waals surface area contributed by atoms with E-state index in [9.17, 15) is 19.8 Å². The molecule has 1 aliphatic heterocycles. The van der Waals surface area contributed by atoms with Crippen molar-refractivity contribution in [1.82, 2.24) is 4.98 Å². The van der Waals surface area contributed by atoms with Gasteiger partial charge in [0, 0.05) is 23.6 Å². The van der Waals surface area contributed by atoms with Crippen molar-refractivity contribution in [2.24, 2.45) is 0 Å². The number of phenols is 2. The van der Waals surface area contributed by atoms with E-state index in [-0.39, 0.29) is 39.5 Å². The molecule has 0 fully saturated rings. The SMILES string of the molecule is CN1c2c(ccc3ccc(-c4cc(C(C)(C)C)cc(C=O)c4O)nc23)C=CC1c1cc(C(C)(C)C)cc(C=O)c1O. The summed E-state index contributed by atoms with van der Waals surface area (Å²) in [5.41, 5.74) is 6.16. The second-order valence-corrected chi connectivity index (χ2v) is 12.9. The lowest BCUT2D eigenvalue weighted by Crippen LogP contribution is -2.27. The molecule has 6 nitrogen and oxygen atoms in total. The van der Waals surface area contributed by atoms with E-state index in [1.807, 2.05) is 55.6 Å². The van der Waals surface area contributed by atoms with Crippen molar-refractivity contribution in [2.45, 2.75) is 58.4 Å². The third-order valence-corrected chi connectivity index (χ3v) is 7.98. The molecule has 6 heteroatoms. The summed E-state index contributed by atoms with van der Waals surface area (Å²) in [4.78, 5) is 30.8. The quantitative estimate of drug-likeness (QED) is 0.254. The fourth-order valence-electron chi connectivity index (χ4n) is 5.42. The molecule has 3 aromatic carbocycles. The number of pyridine rings is 1. The molecule has 0 aliphatic carbocycles. The zero-order chi connectivity index (χ0) is 29.9. The summed E-state index contributed by atoms with van der Waals surface area (Å²) >= 11 is 0. The van der Waals surface area contributed by atoms with Crippen molar-refractivity contribution in [2.75, 3.05) is 11.9 Å². The first-order valence-corrected chi connectivity index (χ1v) is 13.7. The van der Waals surface area contributed by atoms with Crippen LogP contribution in [0.5, 0.6) is 11.5 Å². The van der Waals surface area contributed by atoms with Gasteiger partial charge in [0.1, 0.15) is 11.5 Å². The van der Waals surface area contributed by atoms with Crippen molar-refractivity contribution in [3.63, 3.8) is 0 Å². The molecule has 0 saturated carbocycles. The Morgan fingerprint density at radius 1 is 0.805 bits per heavy atom. The van der Waals surface area contributed by atoms with Gasteiger partial charge in [-0.25, -0.2) is 4.98 Å². The Labute approximate surface area is 241 Å². The van der Waals surface area contributed by atoms with Gasteiger partial charge in [0.15, 0.2) is 12.6 Å². The molecule has 2 N–H and O–H groups in total. The molecular formula is C35H36N2O4. The molecule has 2 heterocycles. The van der Waals surface area contributed by atoms with Crippen molar-refractivity contribution in [1.29, 1.82) is 0 Å². The van der Waals surface area contributed by atoms with Crippen LogP contribution < -0.4 is 4.90 Å². The Morgan fingerprint density at radius 2 is 1.39 bits per heavy atom.